The van der Waals surface area contributed by atoms with Crippen molar-refractivity contribution in [1.82, 2.24) is 0 Å². The van der Waals surface area contributed by atoms with Gasteiger partial charge in [0.05, 0.1) is 22.8 Å². The van der Waals surface area contributed by atoms with Crippen LogP contribution in [0, 0.1) is 12.7 Å². The summed E-state index contributed by atoms with van der Waals surface area (Å²) in [6, 6.07) is 34.7. The Kier molecular flexibility index (Phi) is 8.28. The maximum Gasteiger partial charge on any atom is 0.262 e. The maximum absolute atomic E-state index is 14.5. The summed E-state index contributed by atoms with van der Waals surface area (Å²) in [7, 11) is -4.02. The smallest absolute Gasteiger partial charge is 0.262 e. The summed E-state index contributed by atoms with van der Waals surface area (Å²) in [5, 5.41) is 0. The van der Waals surface area contributed by atoms with Crippen LogP contribution in [0.3, 0.4) is 0 Å². The van der Waals surface area contributed by atoms with Gasteiger partial charge in [-0.1, -0.05) is 60.2 Å². The van der Waals surface area contributed by atoms with Crippen LogP contribution in [0.1, 0.15) is 40.1 Å². The van der Waals surface area contributed by atoms with Crippen molar-refractivity contribution < 1.29 is 22.3 Å². The van der Waals surface area contributed by atoms with Crippen LogP contribution in [0.25, 0.3) is 0 Å². The Bertz CT molecular complexity index is 1920. The van der Waals surface area contributed by atoms with Crippen molar-refractivity contribution in [2.75, 3.05) is 21.1 Å². The molecule has 228 valence electrons. The van der Waals surface area contributed by atoms with E-state index in [1.807, 2.05) is 61.2 Å². The fourth-order valence-corrected chi connectivity index (χ4v) is 6.58. The molecule has 0 spiro atoms. The number of ether oxygens (including phenoxy) is 1. The molecule has 0 aromatic heterocycles. The van der Waals surface area contributed by atoms with Gasteiger partial charge in [0, 0.05) is 17.9 Å². The third-order valence-electron chi connectivity index (χ3n) is 7.67. The van der Waals surface area contributed by atoms with E-state index >= 15 is 0 Å². The maximum atomic E-state index is 14.5. The first-order valence-electron chi connectivity index (χ1n) is 14.6. The van der Waals surface area contributed by atoms with E-state index in [-0.39, 0.29) is 22.2 Å². The molecule has 45 heavy (non-hydrogen) atoms. The fourth-order valence-electron chi connectivity index (χ4n) is 5.50. The number of nitrogens with zero attached hydrogens (tertiary/aromatic N) is 2. The predicted molar refractivity (Wildman–Crippen MR) is 175 cm³/mol. The van der Waals surface area contributed by atoms with Gasteiger partial charge in [-0.25, -0.2) is 12.8 Å². The molecule has 0 fully saturated rings. The lowest BCUT2D eigenvalue weighted by atomic mass is 9.99. The molecular weight excluding hydrogens is 589 g/mol. The first kappa shape index (κ1) is 29.9. The van der Waals surface area contributed by atoms with Gasteiger partial charge < -0.3 is 9.64 Å². The van der Waals surface area contributed by atoms with E-state index in [2.05, 4.69) is 4.72 Å². The number of benzene rings is 5. The van der Waals surface area contributed by atoms with E-state index < -0.39 is 16.2 Å². The minimum absolute atomic E-state index is 0.0401. The lowest BCUT2D eigenvalue weighted by molar-refractivity contribution is 0.0968. The van der Waals surface area contributed by atoms with Crippen LogP contribution >= 0.6 is 0 Å². The summed E-state index contributed by atoms with van der Waals surface area (Å²) in [6.45, 7) is 4.70. The summed E-state index contributed by atoms with van der Waals surface area (Å²) in [5.74, 6) is -0.124. The predicted octanol–water partition coefficient (Wildman–Crippen LogP) is 7.70. The third kappa shape index (κ3) is 6.25. The Morgan fingerprint density at radius 1 is 0.844 bits per heavy atom. The van der Waals surface area contributed by atoms with Gasteiger partial charge in [-0.05, 0) is 91.7 Å². The van der Waals surface area contributed by atoms with E-state index in [0.717, 1.165) is 11.1 Å². The number of carbonyl (C=O) groups excluding carboxylic acids is 1. The molecule has 5 aromatic rings. The van der Waals surface area contributed by atoms with Crippen molar-refractivity contribution in [1.29, 1.82) is 0 Å². The molecule has 1 aliphatic heterocycles. The minimum Gasteiger partial charge on any atom is -0.494 e. The standard InChI is InChI=1S/C36H32FN3O4S/c1-3-44-31-19-17-30(18-20-31)40-35(27-11-13-28(37)14-12-27)39(24-26-7-5-4-6-8-26)34-22-21-32(23-33(34)36(40)41)45(42,43)38-29-15-9-25(2)10-16-29/h4-23,35,38H,3,24H2,1-2H3/t35-/m1/s1. The molecule has 1 aliphatic rings. The number of amides is 1. The number of hydrogen-bond donors (Lipinski definition) is 1. The highest BCUT2D eigenvalue weighted by atomic mass is 32.2. The topological polar surface area (TPSA) is 78.9 Å². The van der Waals surface area contributed by atoms with Crippen molar-refractivity contribution in [3.05, 3.63) is 149 Å². The van der Waals surface area contributed by atoms with Gasteiger partial charge in [-0.3, -0.25) is 14.4 Å². The molecule has 0 unspecified atom stereocenters. The largest absolute Gasteiger partial charge is 0.494 e. The molecule has 0 radical (unpaired) electrons. The number of fused-ring (bicyclic) bond motifs is 1. The molecule has 9 heteroatoms. The van der Waals surface area contributed by atoms with Crippen LogP contribution in [-0.2, 0) is 16.6 Å². The second-order valence-corrected chi connectivity index (χ2v) is 12.5. The number of anilines is 3. The Labute approximate surface area is 262 Å². The van der Waals surface area contributed by atoms with Crippen LogP contribution in [0.5, 0.6) is 5.75 Å². The van der Waals surface area contributed by atoms with Crippen LogP contribution in [0.15, 0.2) is 126 Å². The fraction of sp³-hybridized carbons (Fsp3) is 0.139. The molecule has 7 nitrogen and oxygen atoms in total. The second kappa shape index (κ2) is 12.5. The number of aryl methyl sites for hydroxylation is 1. The third-order valence-corrected chi connectivity index (χ3v) is 9.05. The number of rotatable bonds is 9. The van der Waals surface area contributed by atoms with Crippen molar-refractivity contribution in [2.45, 2.75) is 31.5 Å². The summed E-state index contributed by atoms with van der Waals surface area (Å²) < 4.78 is 49.4. The first-order chi connectivity index (χ1) is 21.7. The highest BCUT2D eigenvalue weighted by Gasteiger charge is 2.40. The SMILES string of the molecule is CCOc1ccc(N2C(=O)c3cc(S(=O)(=O)Nc4ccc(C)cc4)ccc3N(Cc3ccccc3)[C@H]2c2ccc(F)cc2)cc1. The summed E-state index contributed by atoms with van der Waals surface area (Å²) in [6.07, 6.45) is -0.670. The zero-order valence-electron chi connectivity index (χ0n) is 24.9. The summed E-state index contributed by atoms with van der Waals surface area (Å²) in [4.78, 5) is 18.2. The quantitative estimate of drug-likeness (QED) is 0.183. The zero-order valence-corrected chi connectivity index (χ0v) is 25.7. The van der Waals surface area contributed by atoms with Gasteiger partial charge in [0.25, 0.3) is 15.9 Å². The second-order valence-electron chi connectivity index (χ2n) is 10.8. The monoisotopic (exact) mass is 621 g/mol. The van der Waals surface area contributed by atoms with Gasteiger partial charge in [0.2, 0.25) is 0 Å². The number of halogens is 1. The van der Waals surface area contributed by atoms with Crippen LogP contribution in [0.4, 0.5) is 21.5 Å². The Hall–Kier alpha value is -5.15. The highest BCUT2D eigenvalue weighted by molar-refractivity contribution is 7.92. The van der Waals surface area contributed by atoms with Crippen LogP contribution in [0.2, 0.25) is 0 Å². The lowest BCUT2D eigenvalue weighted by Crippen LogP contribution is -2.49. The molecule has 1 N–H and O–H groups in total. The zero-order chi connectivity index (χ0) is 31.6. The van der Waals surface area contributed by atoms with Gasteiger partial charge in [0.15, 0.2) is 0 Å². The first-order valence-corrected chi connectivity index (χ1v) is 16.1. The normalized spacial score (nSPS) is 14.6. The van der Waals surface area contributed by atoms with Crippen LogP contribution in [-0.4, -0.2) is 20.9 Å². The van der Waals surface area contributed by atoms with E-state index in [1.165, 1.54) is 24.3 Å². The average Bonchev–Trinajstić information content (AvgIpc) is 3.05. The van der Waals surface area contributed by atoms with Gasteiger partial charge >= 0.3 is 0 Å². The number of carbonyl (C=O) groups is 1. The highest BCUT2D eigenvalue weighted by Crippen LogP contribution is 2.43. The number of hydrogen-bond acceptors (Lipinski definition) is 5. The molecular formula is C36H32FN3O4S. The lowest BCUT2D eigenvalue weighted by Gasteiger charge is -2.46. The van der Waals surface area contributed by atoms with Crippen molar-refractivity contribution >= 4 is 33.0 Å². The Balaban J connectivity index is 1.51. The molecule has 0 bridgehead atoms. The van der Waals surface area contributed by atoms with Crippen molar-refractivity contribution in [3.63, 3.8) is 0 Å². The summed E-state index contributed by atoms with van der Waals surface area (Å²) >= 11 is 0. The van der Waals surface area contributed by atoms with Gasteiger partial charge in [0.1, 0.15) is 17.7 Å². The molecule has 6 rings (SSSR count). The molecule has 1 amide bonds. The number of nitrogens with one attached hydrogen (secondary N) is 1. The molecule has 1 atom stereocenters. The molecule has 5 aromatic carbocycles. The molecule has 0 aliphatic carbocycles. The van der Waals surface area contributed by atoms with E-state index in [9.17, 15) is 17.6 Å². The minimum atomic E-state index is -4.02. The van der Waals surface area contributed by atoms with Gasteiger partial charge in [-0.15, -0.1) is 0 Å². The molecule has 0 saturated carbocycles. The van der Waals surface area contributed by atoms with Crippen LogP contribution < -0.4 is 19.3 Å². The van der Waals surface area contributed by atoms with Crippen molar-refractivity contribution in [3.8, 4) is 5.75 Å². The summed E-state index contributed by atoms with van der Waals surface area (Å²) in [5.41, 5.74) is 4.46. The van der Waals surface area contributed by atoms with Gasteiger partial charge in [-0.2, -0.15) is 0 Å². The molecule has 0 saturated heterocycles. The average molecular weight is 622 g/mol. The Morgan fingerprint density at radius 3 is 2.20 bits per heavy atom. The molecule has 1 heterocycles. The van der Waals surface area contributed by atoms with E-state index in [4.69, 9.17) is 4.74 Å². The number of sulfonamides is 1. The van der Waals surface area contributed by atoms with Crippen molar-refractivity contribution in [2.24, 2.45) is 0 Å². The van der Waals surface area contributed by atoms with E-state index in [0.29, 0.717) is 41.5 Å². The Morgan fingerprint density at radius 2 is 1.53 bits per heavy atom. The van der Waals surface area contributed by atoms with E-state index in [1.54, 1.807) is 59.5 Å².